The van der Waals surface area contributed by atoms with E-state index in [-0.39, 0.29) is 12.4 Å². The van der Waals surface area contributed by atoms with Crippen LogP contribution < -0.4 is 0 Å². The minimum Gasteiger partial charge on any atom is -0.465 e. The second kappa shape index (κ2) is 6.08. The van der Waals surface area contributed by atoms with Gasteiger partial charge in [-0.05, 0) is 47.4 Å². The first kappa shape index (κ1) is 16.2. The van der Waals surface area contributed by atoms with Crippen molar-refractivity contribution in [3.8, 4) is 0 Å². The van der Waals surface area contributed by atoms with Crippen LogP contribution in [0.2, 0.25) is 0 Å². The summed E-state index contributed by atoms with van der Waals surface area (Å²) in [5, 5.41) is 2.28. The maximum Gasteiger partial charge on any atom is 0.324 e. The van der Waals surface area contributed by atoms with Crippen molar-refractivity contribution in [1.29, 1.82) is 0 Å². The summed E-state index contributed by atoms with van der Waals surface area (Å²) in [5.41, 5.74) is 1.17. The lowest BCUT2D eigenvalue weighted by Crippen LogP contribution is -2.38. The number of benzene rings is 2. The summed E-state index contributed by atoms with van der Waals surface area (Å²) in [5.74, 6) is -0.729. The van der Waals surface area contributed by atoms with Crippen LogP contribution in [-0.2, 0) is 14.3 Å². The fourth-order valence-electron chi connectivity index (χ4n) is 3.31. The number of Topliss-reactive ketones (excluding diaryl/α,β-unsaturated/α-hetero) is 1. The van der Waals surface area contributed by atoms with Gasteiger partial charge in [-0.15, -0.1) is 0 Å². The van der Waals surface area contributed by atoms with Gasteiger partial charge in [-0.2, -0.15) is 0 Å². The van der Waals surface area contributed by atoms with Crippen molar-refractivity contribution in [3.63, 3.8) is 0 Å². The molecule has 0 aliphatic heterocycles. The zero-order chi connectivity index (χ0) is 17.3. The number of rotatable bonds is 4. The van der Waals surface area contributed by atoms with Crippen molar-refractivity contribution in [3.05, 3.63) is 66.3 Å². The van der Waals surface area contributed by atoms with Gasteiger partial charge in [0.15, 0.2) is 11.2 Å². The molecule has 3 heteroatoms. The van der Waals surface area contributed by atoms with Crippen LogP contribution in [0.4, 0.5) is 0 Å². The summed E-state index contributed by atoms with van der Waals surface area (Å²) >= 11 is 0. The zero-order valence-electron chi connectivity index (χ0n) is 14.0. The van der Waals surface area contributed by atoms with Crippen LogP contribution >= 0.6 is 0 Å². The van der Waals surface area contributed by atoms with Gasteiger partial charge in [0.2, 0.25) is 0 Å². The third-order valence-corrected chi connectivity index (χ3v) is 4.70. The topological polar surface area (TPSA) is 43.4 Å². The van der Waals surface area contributed by atoms with Crippen LogP contribution in [0.15, 0.2) is 60.7 Å². The van der Waals surface area contributed by atoms with Crippen molar-refractivity contribution >= 4 is 28.1 Å². The Morgan fingerprint density at radius 3 is 2.54 bits per heavy atom. The van der Waals surface area contributed by atoms with Gasteiger partial charge in [-0.3, -0.25) is 9.59 Å². The molecule has 2 aromatic rings. The van der Waals surface area contributed by atoms with Crippen LogP contribution in [0.1, 0.15) is 25.8 Å². The number of carbonyl (C=O) groups excluding carboxylic acids is 2. The van der Waals surface area contributed by atoms with Crippen LogP contribution in [-0.4, -0.2) is 18.4 Å². The Morgan fingerprint density at radius 2 is 1.88 bits per heavy atom. The van der Waals surface area contributed by atoms with E-state index in [0.717, 1.165) is 21.9 Å². The second-order valence-corrected chi connectivity index (χ2v) is 6.12. The van der Waals surface area contributed by atoms with Crippen molar-refractivity contribution in [1.82, 2.24) is 0 Å². The number of ether oxygens (including phenoxy) is 1. The van der Waals surface area contributed by atoms with E-state index in [2.05, 4.69) is 18.7 Å². The highest BCUT2D eigenvalue weighted by Crippen LogP contribution is 2.46. The Morgan fingerprint density at radius 1 is 1.17 bits per heavy atom. The molecule has 1 unspecified atom stereocenters. The Hall–Kier alpha value is -2.68. The maximum atomic E-state index is 12.5. The molecule has 0 saturated heterocycles. The molecule has 3 nitrogen and oxygen atoms in total. The zero-order valence-corrected chi connectivity index (χ0v) is 14.0. The van der Waals surface area contributed by atoms with Crippen LogP contribution in [0.5, 0.6) is 0 Å². The molecule has 0 N–H and O–H groups in total. The third kappa shape index (κ3) is 2.46. The SMILES string of the molecule is C=C1C=C(c2ccc3ccccc3c2)CC1(C(C)=O)C(=O)OCC. The van der Waals surface area contributed by atoms with E-state index in [9.17, 15) is 9.59 Å². The third-order valence-electron chi connectivity index (χ3n) is 4.70. The summed E-state index contributed by atoms with van der Waals surface area (Å²) in [7, 11) is 0. The quantitative estimate of drug-likeness (QED) is 0.622. The van der Waals surface area contributed by atoms with Crippen molar-refractivity contribution < 1.29 is 14.3 Å². The smallest absolute Gasteiger partial charge is 0.324 e. The van der Waals surface area contributed by atoms with Gasteiger partial charge in [0.05, 0.1) is 6.61 Å². The molecular weight excluding hydrogens is 300 g/mol. The Bertz CT molecular complexity index is 876. The monoisotopic (exact) mass is 320 g/mol. The van der Waals surface area contributed by atoms with Gasteiger partial charge in [-0.25, -0.2) is 0 Å². The minimum absolute atomic E-state index is 0.224. The average Bonchev–Trinajstić information content (AvgIpc) is 2.93. The normalized spacial score (nSPS) is 20.1. The molecule has 0 heterocycles. The number of ketones is 1. The predicted molar refractivity (Wildman–Crippen MR) is 95.4 cm³/mol. The van der Waals surface area contributed by atoms with Crippen molar-refractivity contribution in [2.45, 2.75) is 20.3 Å². The number of hydrogen-bond acceptors (Lipinski definition) is 3. The lowest BCUT2D eigenvalue weighted by atomic mass is 9.77. The fraction of sp³-hybridized carbons (Fsp3) is 0.238. The van der Waals surface area contributed by atoms with E-state index in [0.29, 0.717) is 12.0 Å². The molecule has 0 bridgehead atoms. The summed E-state index contributed by atoms with van der Waals surface area (Å²) < 4.78 is 5.16. The summed E-state index contributed by atoms with van der Waals surface area (Å²) in [6.07, 6.45) is 2.15. The summed E-state index contributed by atoms with van der Waals surface area (Å²) in [6, 6.07) is 14.2. The van der Waals surface area contributed by atoms with E-state index in [1.54, 1.807) is 6.92 Å². The lowest BCUT2D eigenvalue weighted by molar-refractivity contribution is -0.156. The first-order valence-electron chi connectivity index (χ1n) is 8.06. The second-order valence-electron chi connectivity index (χ2n) is 6.12. The molecular formula is C21H20O3. The van der Waals surface area contributed by atoms with Gasteiger partial charge in [-0.1, -0.05) is 49.1 Å². The predicted octanol–water partition coefficient (Wildman–Crippen LogP) is 4.32. The van der Waals surface area contributed by atoms with E-state index >= 15 is 0 Å². The molecule has 1 atom stereocenters. The Kier molecular flexibility index (Phi) is 4.10. The van der Waals surface area contributed by atoms with Crippen LogP contribution in [0.3, 0.4) is 0 Å². The Labute approximate surface area is 141 Å². The molecule has 0 fully saturated rings. The molecule has 1 aliphatic carbocycles. The lowest BCUT2D eigenvalue weighted by Gasteiger charge is -2.25. The molecule has 0 aromatic heterocycles. The summed E-state index contributed by atoms with van der Waals surface area (Å²) in [4.78, 5) is 24.8. The standard InChI is InChI=1S/C21H20O3/c1-4-24-20(23)21(15(3)22)13-19(11-14(21)2)18-10-9-16-7-5-6-8-17(16)12-18/h5-12H,2,4,13H2,1,3H3. The van der Waals surface area contributed by atoms with E-state index in [4.69, 9.17) is 4.74 Å². The van der Waals surface area contributed by atoms with E-state index in [1.807, 2.05) is 36.4 Å². The first-order valence-corrected chi connectivity index (χ1v) is 8.06. The molecule has 0 saturated carbocycles. The highest BCUT2D eigenvalue weighted by molar-refractivity contribution is 6.10. The largest absolute Gasteiger partial charge is 0.465 e. The number of carbonyl (C=O) groups is 2. The van der Waals surface area contributed by atoms with Gasteiger partial charge in [0.25, 0.3) is 0 Å². The highest BCUT2D eigenvalue weighted by Gasteiger charge is 2.50. The van der Waals surface area contributed by atoms with Crippen LogP contribution in [0, 0.1) is 5.41 Å². The molecule has 0 spiro atoms. The first-order chi connectivity index (χ1) is 11.5. The van der Waals surface area contributed by atoms with Crippen molar-refractivity contribution in [2.24, 2.45) is 5.41 Å². The van der Waals surface area contributed by atoms with Gasteiger partial charge >= 0.3 is 5.97 Å². The summed E-state index contributed by atoms with van der Waals surface area (Å²) in [6.45, 7) is 7.38. The fourth-order valence-corrected chi connectivity index (χ4v) is 3.31. The van der Waals surface area contributed by atoms with E-state index in [1.165, 1.54) is 6.92 Å². The molecule has 122 valence electrons. The number of allylic oxidation sites excluding steroid dienone is 2. The Balaban J connectivity index is 2.01. The molecule has 1 aliphatic rings. The van der Waals surface area contributed by atoms with Gasteiger partial charge in [0, 0.05) is 6.42 Å². The average molecular weight is 320 g/mol. The molecule has 3 rings (SSSR count). The van der Waals surface area contributed by atoms with Crippen LogP contribution in [0.25, 0.3) is 16.3 Å². The van der Waals surface area contributed by atoms with Gasteiger partial charge < -0.3 is 4.74 Å². The molecule has 24 heavy (non-hydrogen) atoms. The number of hydrogen-bond donors (Lipinski definition) is 0. The maximum absolute atomic E-state index is 12.5. The van der Waals surface area contributed by atoms with E-state index < -0.39 is 11.4 Å². The minimum atomic E-state index is -1.28. The molecule has 2 aromatic carbocycles. The number of fused-ring (bicyclic) bond motifs is 1. The number of esters is 1. The molecule has 0 amide bonds. The van der Waals surface area contributed by atoms with Crippen molar-refractivity contribution in [2.75, 3.05) is 6.61 Å². The molecule has 0 radical (unpaired) electrons. The highest BCUT2D eigenvalue weighted by atomic mass is 16.5. The van der Waals surface area contributed by atoms with Gasteiger partial charge in [0.1, 0.15) is 0 Å².